The highest BCUT2D eigenvalue weighted by atomic mass is 16.5. The second-order valence-corrected chi connectivity index (χ2v) is 9.08. The lowest BCUT2D eigenvalue weighted by Gasteiger charge is -2.37. The van der Waals surface area contributed by atoms with E-state index in [2.05, 4.69) is 25.1 Å². The molecule has 5 heterocycles. The minimum atomic E-state index is -0.525. The van der Waals surface area contributed by atoms with Crippen LogP contribution < -0.4 is 21.1 Å². The highest BCUT2D eigenvalue weighted by Gasteiger charge is 2.27. The molecule has 0 saturated carbocycles. The molecule has 13 heteroatoms. The predicted molar refractivity (Wildman–Crippen MR) is 141 cm³/mol. The minimum absolute atomic E-state index is 0.00952. The number of furan rings is 1. The number of hydrogen-bond acceptors (Lipinski definition) is 10. The molecule has 1 aliphatic rings. The van der Waals surface area contributed by atoms with Crippen LogP contribution in [0.4, 0.5) is 11.6 Å². The average Bonchev–Trinajstić information content (AvgIpc) is 3.71. The van der Waals surface area contributed by atoms with E-state index in [1.807, 2.05) is 36.1 Å². The smallest absolute Gasteiger partial charge is 0.247 e. The van der Waals surface area contributed by atoms with Gasteiger partial charge in [-0.25, -0.2) is 4.98 Å². The summed E-state index contributed by atoms with van der Waals surface area (Å²) in [6, 6.07) is 11.0. The molecule has 0 bridgehead atoms. The van der Waals surface area contributed by atoms with Gasteiger partial charge in [-0.2, -0.15) is 14.6 Å². The maximum absolute atomic E-state index is 13.4. The van der Waals surface area contributed by atoms with Gasteiger partial charge in [0.05, 0.1) is 11.6 Å². The van der Waals surface area contributed by atoms with Crippen LogP contribution in [0.5, 0.6) is 5.75 Å². The normalized spacial score (nSPS) is 14.9. The maximum Gasteiger partial charge on any atom is 0.247 e. The number of carbonyl (C=O) groups excluding carboxylic acids is 1. The predicted octanol–water partition coefficient (Wildman–Crippen LogP) is 1.56. The second-order valence-electron chi connectivity index (χ2n) is 9.08. The fourth-order valence-corrected chi connectivity index (χ4v) is 4.63. The van der Waals surface area contributed by atoms with Crippen molar-refractivity contribution in [3.63, 3.8) is 0 Å². The van der Waals surface area contributed by atoms with E-state index in [0.29, 0.717) is 54.5 Å². The van der Waals surface area contributed by atoms with Gasteiger partial charge in [0.2, 0.25) is 17.7 Å². The number of nitrogen functional groups attached to an aromatic ring is 1. The van der Waals surface area contributed by atoms with Crippen LogP contribution in [0.3, 0.4) is 0 Å². The van der Waals surface area contributed by atoms with E-state index in [-0.39, 0.29) is 11.9 Å². The van der Waals surface area contributed by atoms with Gasteiger partial charge in [-0.3, -0.25) is 9.48 Å². The number of carbonyl (C=O) groups is 1. The van der Waals surface area contributed by atoms with E-state index in [1.165, 1.54) is 4.52 Å². The van der Waals surface area contributed by atoms with Crippen LogP contribution in [0.25, 0.3) is 28.3 Å². The molecule has 1 aliphatic heterocycles. The van der Waals surface area contributed by atoms with Crippen molar-refractivity contribution in [1.82, 2.24) is 34.3 Å². The van der Waals surface area contributed by atoms with Gasteiger partial charge in [-0.05, 0) is 43.3 Å². The molecule has 5 aromatic rings. The monoisotopic (exact) mass is 516 g/mol. The van der Waals surface area contributed by atoms with Gasteiger partial charge in [0, 0.05) is 44.6 Å². The molecule has 4 aromatic heterocycles. The van der Waals surface area contributed by atoms with Gasteiger partial charge < -0.3 is 30.4 Å². The van der Waals surface area contributed by atoms with Crippen molar-refractivity contribution < 1.29 is 13.9 Å². The Morgan fingerprint density at radius 3 is 2.61 bits per heavy atom. The molecule has 1 atom stereocenters. The Morgan fingerprint density at radius 2 is 1.89 bits per heavy atom. The largest absolute Gasteiger partial charge is 0.492 e. The third-order valence-corrected chi connectivity index (χ3v) is 6.67. The summed E-state index contributed by atoms with van der Waals surface area (Å²) in [6.07, 6.45) is 3.32. The minimum Gasteiger partial charge on any atom is -0.492 e. The van der Waals surface area contributed by atoms with E-state index in [1.54, 1.807) is 29.3 Å². The van der Waals surface area contributed by atoms with Crippen molar-refractivity contribution in [3.8, 4) is 17.3 Å². The maximum atomic E-state index is 13.4. The number of ether oxygens (including phenoxy) is 1. The van der Waals surface area contributed by atoms with Crippen LogP contribution in [0.15, 0.2) is 53.3 Å². The molecular weight excluding hydrogens is 488 g/mol. The molecule has 1 amide bonds. The zero-order valence-electron chi connectivity index (χ0n) is 20.9. The number of hydrogen-bond donors (Lipinski definition) is 2. The lowest BCUT2D eigenvalue weighted by molar-refractivity contribution is -0.134. The third-order valence-electron chi connectivity index (χ3n) is 6.67. The molecule has 1 saturated heterocycles. The molecule has 0 spiro atoms. The van der Waals surface area contributed by atoms with Crippen molar-refractivity contribution >= 4 is 34.2 Å². The number of amides is 1. The number of benzene rings is 1. The van der Waals surface area contributed by atoms with Gasteiger partial charge in [-0.1, -0.05) is 0 Å². The molecule has 38 heavy (non-hydrogen) atoms. The molecule has 196 valence electrons. The SMILES string of the molecule is CC(C(=O)N1CCN(c2ccc(OCCN)cc2)CC1)n1cc2c(nc(N)n3nc(-c4ccco4)nc23)n1. The van der Waals surface area contributed by atoms with Crippen molar-refractivity contribution in [2.75, 3.05) is 50.0 Å². The van der Waals surface area contributed by atoms with Crippen LogP contribution in [0.1, 0.15) is 13.0 Å². The van der Waals surface area contributed by atoms with Crippen LogP contribution in [0, 0.1) is 0 Å². The summed E-state index contributed by atoms with van der Waals surface area (Å²) in [5.41, 5.74) is 13.6. The first-order valence-electron chi connectivity index (χ1n) is 12.4. The number of anilines is 2. The summed E-state index contributed by atoms with van der Waals surface area (Å²) < 4.78 is 14.0. The van der Waals surface area contributed by atoms with E-state index in [4.69, 9.17) is 20.6 Å². The Morgan fingerprint density at radius 1 is 1.11 bits per heavy atom. The number of nitrogens with zero attached hydrogens (tertiary/aromatic N) is 8. The molecule has 1 fully saturated rings. The molecule has 6 rings (SSSR count). The number of aromatic nitrogens is 6. The van der Waals surface area contributed by atoms with Gasteiger partial charge >= 0.3 is 0 Å². The van der Waals surface area contributed by atoms with Gasteiger partial charge in [0.15, 0.2) is 17.1 Å². The molecule has 13 nitrogen and oxygen atoms in total. The Hall–Kier alpha value is -4.65. The van der Waals surface area contributed by atoms with Gasteiger partial charge in [-0.15, -0.1) is 5.10 Å². The molecule has 0 radical (unpaired) electrons. The number of nitrogens with two attached hydrogens (primary N) is 2. The Kier molecular flexibility index (Phi) is 6.04. The number of piperazine rings is 1. The first kappa shape index (κ1) is 23.7. The topological polar surface area (TPSA) is 159 Å². The quantitative estimate of drug-likeness (QED) is 0.325. The summed E-state index contributed by atoms with van der Waals surface area (Å²) in [5, 5.41) is 9.61. The zero-order valence-corrected chi connectivity index (χ0v) is 20.9. The summed E-state index contributed by atoms with van der Waals surface area (Å²) in [7, 11) is 0. The lowest BCUT2D eigenvalue weighted by Crippen LogP contribution is -2.50. The fourth-order valence-electron chi connectivity index (χ4n) is 4.63. The Bertz CT molecular complexity index is 1570. The fraction of sp³-hybridized carbons (Fsp3) is 0.320. The summed E-state index contributed by atoms with van der Waals surface area (Å²) in [4.78, 5) is 26.5. The summed E-state index contributed by atoms with van der Waals surface area (Å²) in [6.45, 7) is 5.49. The van der Waals surface area contributed by atoms with Gasteiger partial charge in [0.25, 0.3) is 0 Å². The van der Waals surface area contributed by atoms with E-state index in [0.717, 1.165) is 24.5 Å². The van der Waals surface area contributed by atoms with E-state index in [9.17, 15) is 4.79 Å². The van der Waals surface area contributed by atoms with Crippen LogP contribution in [0.2, 0.25) is 0 Å². The molecule has 4 N–H and O–H groups in total. The van der Waals surface area contributed by atoms with Crippen molar-refractivity contribution in [2.45, 2.75) is 13.0 Å². The standard InChI is InChI=1S/C25H28N10O3/c1-16(24(36)33-11-9-32(10-12-33)17-4-6-18(7-5-17)37-14-8-26)34-15-19-21(30-34)29-25(27)35-23(19)28-22(31-35)20-3-2-13-38-20/h2-7,13,15-16H,8-12,14,26H2,1H3,(H2,27,29,30). The second kappa shape index (κ2) is 9.67. The Labute approximate surface area is 217 Å². The van der Waals surface area contributed by atoms with Crippen LogP contribution >= 0.6 is 0 Å². The molecule has 0 aliphatic carbocycles. The summed E-state index contributed by atoms with van der Waals surface area (Å²) in [5.74, 6) is 1.85. The third kappa shape index (κ3) is 4.26. The number of rotatable bonds is 7. The van der Waals surface area contributed by atoms with Gasteiger partial charge in [0.1, 0.15) is 18.4 Å². The highest BCUT2D eigenvalue weighted by molar-refractivity contribution is 5.90. The molecular formula is C25H28N10O3. The molecule has 1 aromatic carbocycles. The van der Waals surface area contributed by atoms with E-state index >= 15 is 0 Å². The lowest BCUT2D eigenvalue weighted by atomic mass is 10.2. The first-order chi connectivity index (χ1) is 18.5. The summed E-state index contributed by atoms with van der Waals surface area (Å²) >= 11 is 0. The van der Waals surface area contributed by atoms with Crippen molar-refractivity contribution in [2.24, 2.45) is 5.73 Å². The first-order valence-corrected chi connectivity index (χ1v) is 12.4. The molecule has 1 unspecified atom stereocenters. The van der Waals surface area contributed by atoms with E-state index < -0.39 is 6.04 Å². The highest BCUT2D eigenvalue weighted by Crippen LogP contribution is 2.25. The van der Waals surface area contributed by atoms with Crippen LogP contribution in [-0.2, 0) is 4.79 Å². The number of fused-ring (bicyclic) bond motifs is 3. The van der Waals surface area contributed by atoms with Crippen LogP contribution in [-0.4, -0.2) is 79.5 Å². The zero-order chi connectivity index (χ0) is 26.2. The Balaban J connectivity index is 1.16. The van der Waals surface area contributed by atoms with Crippen molar-refractivity contribution in [3.05, 3.63) is 48.9 Å². The van der Waals surface area contributed by atoms with Crippen molar-refractivity contribution in [1.29, 1.82) is 0 Å². The average molecular weight is 517 g/mol.